The van der Waals surface area contributed by atoms with E-state index in [1.807, 2.05) is 60.7 Å². The Balaban J connectivity index is 1.67. The second-order valence-electron chi connectivity index (χ2n) is 7.06. The third-order valence-corrected chi connectivity index (χ3v) is 4.99. The third-order valence-electron chi connectivity index (χ3n) is 4.99. The number of carbonyl (C=O) groups excluding carboxylic acids is 2. The van der Waals surface area contributed by atoms with Crippen LogP contribution in [0.2, 0.25) is 0 Å². The second-order valence-corrected chi connectivity index (χ2v) is 7.06. The average molecular weight is 396 g/mol. The van der Waals surface area contributed by atoms with E-state index in [-0.39, 0.29) is 25.4 Å². The maximum atomic E-state index is 12.3. The number of rotatable bonds is 6. The van der Waals surface area contributed by atoms with Gasteiger partial charge >= 0.3 is 12.2 Å². The number of ether oxygens (including phenoxy) is 1. The molecule has 0 radical (unpaired) electrons. The van der Waals surface area contributed by atoms with E-state index in [4.69, 9.17) is 4.74 Å². The predicted molar refractivity (Wildman–Crippen MR) is 106 cm³/mol. The maximum absolute atomic E-state index is 12.3. The molecule has 29 heavy (non-hydrogen) atoms. The molecule has 1 saturated carbocycles. The maximum Gasteiger partial charge on any atom is 0.407 e. The summed E-state index contributed by atoms with van der Waals surface area (Å²) in [5.41, 5.74) is 1.67. The molecule has 0 aromatic heterocycles. The molecule has 0 saturated heterocycles. The number of amides is 2. The number of nitrogens with zero attached hydrogens (tertiary/aromatic N) is 1. The number of alkyl carbamates (subject to hydrolysis) is 1. The van der Waals surface area contributed by atoms with Crippen molar-refractivity contribution in [1.82, 2.24) is 10.2 Å². The van der Waals surface area contributed by atoms with Crippen molar-refractivity contribution < 1.29 is 24.2 Å². The number of benzene rings is 2. The standard InChI is InChI=1S/C22H24N2O5/c25-18-11-12-19(23-21(26)29-15-17-9-5-2-6-10-17)20(13-18)24(22(27)28)14-16-7-3-1-4-8-16/h1-10,19-20H,11-15H2,(H,23,26)(H,27,28)/t19-,20+/m0/s1. The number of nitrogens with one attached hydrogen (secondary N) is 1. The highest BCUT2D eigenvalue weighted by molar-refractivity contribution is 5.81. The Morgan fingerprint density at radius 3 is 2.28 bits per heavy atom. The van der Waals surface area contributed by atoms with Gasteiger partial charge in [-0.05, 0) is 17.5 Å². The van der Waals surface area contributed by atoms with Crippen LogP contribution in [0.1, 0.15) is 30.4 Å². The molecule has 0 aliphatic heterocycles. The lowest BCUT2D eigenvalue weighted by molar-refractivity contribution is -0.122. The summed E-state index contributed by atoms with van der Waals surface area (Å²) in [5, 5.41) is 12.5. The van der Waals surface area contributed by atoms with Gasteiger partial charge in [-0.15, -0.1) is 0 Å². The monoisotopic (exact) mass is 396 g/mol. The summed E-state index contributed by atoms with van der Waals surface area (Å²) in [4.78, 5) is 37.5. The molecule has 2 N–H and O–H groups in total. The summed E-state index contributed by atoms with van der Waals surface area (Å²) in [7, 11) is 0. The SMILES string of the molecule is O=C1CC[C@H](NC(=O)OCc2ccccc2)[C@H](N(Cc2ccccc2)C(=O)O)C1. The Kier molecular flexibility index (Phi) is 6.84. The fourth-order valence-electron chi connectivity index (χ4n) is 3.51. The van der Waals surface area contributed by atoms with Crippen LogP contribution in [0.5, 0.6) is 0 Å². The first-order valence-electron chi connectivity index (χ1n) is 9.55. The Bertz CT molecular complexity index is 841. The Labute approximate surface area is 169 Å². The molecule has 1 fully saturated rings. The molecule has 2 aromatic rings. The van der Waals surface area contributed by atoms with E-state index in [9.17, 15) is 19.5 Å². The van der Waals surface area contributed by atoms with Crippen molar-refractivity contribution in [3.63, 3.8) is 0 Å². The number of carboxylic acid groups (broad SMARTS) is 1. The van der Waals surface area contributed by atoms with Crippen LogP contribution < -0.4 is 5.32 Å². The molecule has 7 heteroatoms. The summed E-state index contributed by atoms with van der Waals surface area (Å²) in [6.07, 6.45) is -0.995. The van der Waals surface area contributed by atoms with Crippen LogP contribution in [-0.2, 0) is 22.7 Å². The smallest absolute Gasteiger partial charge is 0.407 e. The van der Waals surface area contributed by atoms with E-state index < -0.39 is 24.3 Å². The van der Waals surface area contributed by atoms with Crippen molar-refractivity contribution >= 4 is 18.0 Å². The van der Waals surface area contributed by atoms with Crippen molar-refractivity contribution in [3.05, 3.63) is 71.8 Å². The molecule has 1 aliphatic rings. The fourth-order valence-corrected chi connectivity index (χ4v) is 3.51. The van der Waals surface area contributed by atoms with Crippen molar-refractivity contribution in [3.8, 4) is 0 Å². The molecule has 3 rings (SSSR count). The first-order chi connectivity index (χ1) is 14.0. The van der Waals surface area contributed by atoms with E-state index in [2.05, 4.69) is 5.32 Å². The molecule has 2 atom stereocenters. The van der Waals surface area contributed by atoms with Gasteiger partial charge in [0, 0.05) is 19.4 Å². The minimum absolute atomic E-state index is 0.00925. The zero-order valence-corrected chi connectivity index (χ0v) is 16.0. The summed E-state index contributed by atoms with van der Waals surface area (Å²) in [6, 6.07) is 17.3. The topological polar surface area (TPSA) is 95.9 Å². The van der Waals surface area contributed by atoms with E-state index in [0.29, 0.717) is 12.8 Å². The van der Waals surface area contributed by atoms with Gasteiger partial charge < -0.3 is 15.2 Å². The minimum atomic E-state index is -1.13. The van der Waals surface area contributed by atoms with Crippen LogP contribution in [0.4, 0.5) is 9.59 Å². The molecule has 2 amide bonds. The zero-order chi connectivity index (χ0) is 20.6. The molecule has 2 aromatic carbocycles. The number of carbonyl (C=O) groups is 3. The van der Waals surface area contributed by atoms with Crippen LogP contribution in [0.25, 0.3) is 0 Å². The second kappa shape index (κ2) is 9.73. The number of hydrogen-bond donors (Lipinski definition) is 2. The van der Waals surface area contributed by atoms with Crippen LogP contribution in [0.15, 0.2) is 60.7 Å². The highest BCUT2D eigenvalue weighted by atomic mass is 16.5. The molecule has 0 heterocycles. The van der Waals surface area contributed by atoms with Crippen molar-refractivity contribution in [2.75, 3.05) is 0 Å². The van der Waals surface area contributed by atoms with Crippen molar-refractivity contribution in [2.45, 2.75) is 44.5 Å². The summed E-state index contributed by atoms with van der Waals surface area (Å²) >= 11 is 0. The quantitative estimate of drug-likeness (QED) is 0.778. The van der Waals surface area contributed by atoms with Crippen LogP contribution in [-0.4, -0.2) is 40.1 Å². The normalized spacial score (nSPS) is 18.7. The van der Waals surface area contributed by atoms with Crippen LogP contribution in [0, 0.1) is 0 Å². The van der Waals surface area contributed by atoms with Crippen LogP contribution >= 0.6 is 0 Å². The van der Waals surface area contributed by atoms with Crippen molar-refractivity contribution in [2.24, 2.45) is 0 Å². The summed E-state index contributed by atoms with van der Waals surface area (Å²) in [6.45, 7) is 0.265. The lowest BCUT2D eigenvalue weighted by Gasteiger charge is -2.38. The lowest BCUT2D eigenvalue weighted by Crippen LogP contribution is -2.56. The van der Waals surface area contributed by atoms with E-state index in [1.54, 1.807) is 0 Å². The first kappa shape index (κ1) is 20.4. The van der Waals surface area contributed by atoms with Gasteiger partial charge in [-0.3, -0.25) is 9.69 Å². The molecular weight excluding hydrogens is 372 g/mol. The zero-order valence-electron chi connectivity index (χ0n) is 16.0. The molecule has 7 nitrogen and oxygen atoms in total. The predicted octanol–water partition coefficient (Wildman–Crippen LogP) is 3.58. The average Bonchev–Trinajstić information content (AvgIpc) is 2.73. The number of Topliss-reactive ketones (excluding diaryl/α,β-unsaturated/α-hetero) is 1. The van der Waals surface area contributed by atoms with Gasteiger partial charge in [-0.25, -0.2) is 9.59 Å². The fraction of sp³-hybridized carbons (Fsp3) is 0.318. The van der Waals surface area contributed by atoms with E-state index in [0.717, 1.165) is 11.1 Å². The van der Waals surface area contributed by atoms with Gasteiger partial charge in [-0.1, -0.05) is 60.7 Å². The van der Waals surface area contributed by atoms with Gasteiger partial charge in [-0.2, -0.15) is 0 Å². The molecule has 0 spiro atoms. The first-order valence-corrected chi connectivity index (χ1v) is 9.55. The molecule has 0 unspecified atom stereocenters. The Morgan fingerprint density at radius 1 is 1.03 bits per heavy atom. The molecule has 0 bridgehead atoms. The van der Waals surface area contributed by atoms with Gasteiger partial charge in [0.05, 0.1) is 12.1 Å². The van der Waals surface area contributed by atoms with E-state index in [1.165, 1.54) is 4.90 Å². The van der Waals surface area contributed by atoms with E-state index >= 15 is 0 Å². The summed E-state index contributed by atoms with van der Waals surface area (Å²) < 4.78 is 5.26. The third kappa shape index (κ3) is 5.81. The lowest BCUT2D eigenvalue weighted by atomic mass is 9.88. The van der Waals surface area contributed by atoms with Gasteiger partial charge in [0.2, 0.25) is 0 Å². The Morgan fingerprint density at radius 2 is 1.66 bits per heavy atom. The van der Waals surface area contributed by atoms with Gasteiger partial charge in [0.25, 0.3) is 0 Å². The number of hydrogen-bond acceptors (Lipinski definition) is 4. The molecular formula is C22H24N2O5. The number of ketones is 1. The van der Waals surface area contributed by atoms with Gasteiger partial charge in [0.1, 0.15) is 12.4 Å². The highest BCUT2D eigenvalue weighted by Gasteiger charge is 2.37. The largest absolute Gasteiger partial charge is 0.465 e. The van der Waals surface area contributed by atoms with Crippen LogP contribution in [0.3, 0.4) is 0 Å². The Hall–Kier alpha value is -3.35. The van der Waals surface area contributed by atoms with Crippen molar-refractivity contribution in [1.29, 1.82) is 0 Å². The molecule has 1 aliphatic carbocycles. The molecule has 152 valence electrons. The summed E-state index contributed by atoms with van der Waals surface area (Å²) in [5.74, 6) is -0.00925. The van der Waals surface area contributed by atoms with Gasteiger partial charge in [0.15, 0.2) is 0 Å². The minimum Gasteiger partial charge on any atom is -0.465 e. The highest BCUT2D eigenvalue weighted by Crippen LogP contribution is 2.23.